The van der Waals surface area contributed by atoms with Gasteiger partial charge in [0.1, 0.15) is 22.9 Å². The van der Waals surface area contributed by atoms with E-state index < -0.39 is 46.1 Å². The number of aromatic nitrogens is 1. The van der Waals surface area contributed by atoms with E-state index in [1.54, 1.807) is 7.11 Å². The number of nitrogens with one attached hydrogen (secondary N) is 2. The number of nitrogens with zero attached hydrogens (tertiary/aromatic N) is 3. The van der Waals surface area contributed by atoms with Gasteiger partial charge in [-0.2, -0.15) is 0 Å². The molecule has 63 heavy (non-hydrogen) atoms. The number of para-hydroxylation sites is 1. The van der Waals surface area contributed by atoms with E-state index in [2.05, 4.69) is 81.3 Å². The highest BCUT2D eigenvalue weighted by molar-refractivity contribution is 5.94. The Kier molecular flexibility index (Phi) is 11.0. The zero-order valence-electron chi connectivity index (χ0n) is 38.2. The second-order valence-corrected chi connectivity index (χ2v) is 19.5. The van der Waals surface area contributed by atoms with Crippen molar-refractivity contribution in [2.45, 2.75) is 101 Å². The highest BCUT2D eigenvalue weighted by Gasteiger charge is 2.78. The van der Waals surface area contributed by atoms with E-state index in [-0.39, 0.29) is 37.0 Å². The fourth-order valence-corrected chi connectivity index (χ4v) is 13.5. The fraction of sp³-hybridized carbons (Fsp3) is 0.580. The molecule has 1 saturated carbocycles. The average molecular weight is 864 g/mol. The van der Waals surface area contributed by atoms with Crippen molar-refractivity contribution in [1.29, 1.82) is 0 Å². The van der Waals surface area contributed by atoms with E-state index in [1.807, 2.05) is 33.0 Å². The first kappa shape index (κ1) is 43.4. The lowest BCUT2D eigenvalue weighted by molar-refractivity contribution is -0.217. The number of carbonyl (C=O) groups is 3. The van der Waals surface area contributed by atoms with Crippen LogP contribution in [-0.4, -0.2) is 129 Å². The van der Waals surface area contributed by atoms with Crippen molar-refractivity contribution in [3.05, 3.63) is 82.6 Å². The minimum atomic E-state index is -1.82. The summed E-state index contributed by atoms with van der Waals surface area (Å²) in [6, 6.07) is 11.6. The van der Waals surface area contributed by atoms with Gasteiger partial charge in [0.25, 0.3) is 0 Å². The van der Waals surface area contributed by atoms with Crippen molar-refractivity contribution in [3.8, 4) is 5.75 Å². The number of alkyl carbamates (subject to hydrolysis) is 1. The van der Waals surface area contributed by atoms with Gasteiger partial charge in [0.2, 0.25) is 0 Å². The van der Waals surface area contributed by atoms with Gasteiger partial charge in [0.15, 0.2) is 0 Å². The molecule has 6 heterocycles. The third-order valence-electron chi connectivity index (χ3n) is 15.7. The minimum absolute atomic E-state index is 0.0284. The van der Waals surface area contributed by atoms with Gasteiger partial charge in [0.05, 0.1) is 33.4 Å². The van der Waals surface area contributed by atoms with Crippen LogP contribution in [0.25, 0.3) is 10.9 Å². The van der Waals surface area contributed by atoms with Gasteiger partial charge in [0, 0.05) is 90.9 Å². The van der Waals surface area contributed by atoms with Gasteiger partial charge in [-0.1, -0.05) is 69.7 Å². The Hall–Kier alpha value is -4.85. The predicted molar refractivity (Wildman–Crippen MR) is 241 cm³/mol. The number of aromatic amines is 1. The Morgan fingerprint density at radius 3 is 2.57 bits per heavy atom. The van der Waals surface area contributed by atoms with Crippen molar-refractivity contribution >= 4 is 34.6 Å². The molecule has 3 aromatic rings. The lowest BCUT2D eigenvalue weighted by atomic mass is 9.47. The number of hydrogen-bond donors (Lipinski definition) is 3. The van der Waals surface area contributed by atoms with Crippen molar-refractivity contribution in [2.75, 3.05) is 72.0 Å². The van der Waals surface area contributed by atoms with E-state index in [9.17, 15) is 14.7 Å². The first-order valence-corrected chi connectivity index (χ1v) is 23.0. The lowest BCUT2D eigenvalue weighted by Gasteiger charge is -2.64. The highest BCUT2D eigenvalue weighted by Crippen LogP contribution is 2.68. The molecule has 5 aliphatic heterocycles. The fourth-order valence-electron chi connectivity index (χ4n) is 13.5. The van der Waals surface area contributed by atoms with Crippen LogP contribution in [0.15, 0.2) is 60.2 Å². The molecular weight excluding hydrogens is 799 g/mol. The largest absolute Gasteiger partial charge is 0.496 e. The van der Waals surface area contributed by atoms with Crippen LogP contribution in [0.4, 0.5) is 10.5 Å². The summed E-state index contributed by atoms with van der Waals surface area (Å²) in [6.07, 6.45) is 8.33. The summed E-state index contributed by atoms with van der Waals surface area (Å²) in [5.41, 5.74) is 2.03. The van der Waals surface area contributed by atoms with E-state index in [4.69, 9.17) is 18.9 Å². The number of anilines is 1. The number of likely N-dealkylation sites (N-methyl/N-ethyl adjacent to an activating group) is 1. The van der Waals surface area contributed by atoms with Gasteiger partial charge in [-0.3, -0.25) is 19.4 Å². The van der Waals surface area contributed by atoms with Gasteiger partial charge in [-0.15, -0.1) is 0 Å². The normalized spacial score (nSPS) is 33.0. The Morgan fingerprint density at radius 1 is 1.06 bits per heavy atom. The van der Waals surface area contributed by atoms with Crippen molar-refractivity contribution < 1.29 is 38.4 Å². The smallest absolute Gasteiger partial charge is 0.407 e. The van der Waals surface area contributed by atoms with Gasteiger partial charge < -0.3 is 39.3 Å². The van der Waals surface area contributed by atoms with Crippen molar-refractivity contribution in [1.82, 2.24) is 20.1 Å². The Balaban J connectivity index is 1.32. The summed E-state index contributed by atoms with van der Waals surface area (Å²) >= 11 is 0. The van der Waals surface area contributed by atoms with Crippen molar-refractivity contribution in [2.24, 2.45) is 17.3 Å². The second kappa shape index (κ2) is 16.0. The van der Waals surface area contributed by atoms with Crippen LogP contribution in [0, 0.1) is 17.3 Å². The molecule has 1 aromatic heterocycles. The third-order valence-corrected chi connectivity index (χ3v) is 15.7. The van der Waals surface area contributed by atoms with Crippen LogP contribution in [0.1, 0.15) is 82.7 Å². The number of rotatable bonds is 10. The summed E-state index contributed by atoms with van der Waals surface area (Å²) < 4.78 is 24.4. The summed E-state index contributed by atoms with van der Waals surface area (Å²) in [5, 5.41) is 17.8. The zero-order chi connectivity index (χ0) is 44.6. The maximum Gasteiger partial charge on any atom is 0.407 e. The predicted octanol–water partition coefficient (Wildman–Crippen LogP) is 6.01. The second-order valence-electron chi connectivity index (χ2n) is 19.5. The number of aliphatic hydroxyl groups is 1. The molecule has 1 unspecified atom stereocenters. The lowest BCUT2D eigenvalue weighted by Crippen LogP contribution is -2.81. The molecule has 2 fully saturated rings. The monoisotopic (exact) mass is 863 g/mol. The number of esters is 2. The molecular formula is C50H65N5O8. The first-order valence-electron chi connectivity index (χ1n) is 23.0. The quantitative estimate of drug-likeness (QED) is 0.125. The molecule has 2 aromatic carbocycles. The molecule has 1 spiro atoms. The van der Waals surface area contributed by atoms with E-state index in [0.29, 0.717) is 37.1 Å². The van der Waals surface area contributed by atoms with Gasteiger partial charge >= 0.3 is 18.0 Å². The molecule has 6 aliphatic rings. The van der Waals surface area contributed by atoms with Crippen LogP contribution in [0.3, 0.4) is 0 Å². The molecule has 1 aliphatic carbocycles. The van der Waals surface area contributed by atoms with Crippen LogP contribution in [-0.2, 0) is 41.1 Å². The number of ether oxygens (including phenoxy) is 4. The molecule has 0 radical (unpaired) electrons. The topological polar surface area (TPSA) is 146 Å². The summed E-state index contributed by atoms with van der Waals surface area (Å²) in [5.74, 6) is -0.199. The van der Waals surface area contributed by atoms with Crippen LogP contribution in [0.2, 0.25) is 0 Å². The van der Waals surface area contributed by atoms with E-state index in [1.165, 1.54) is 19.6 Å². The molecule has 13 heteroatoms. The van der Waals surface area contributed by atoms with Crippen LogP contribution < -0.4 is 15.0 Å². The van der Waals surface area contributed by atoms with Gasteiger partial charge in [-0.25, -0.2) is 4.79 Å². The number of hydrogen-bond acceptors (Lipinski definition) is 11. The minimum Gasteiger partial charge on any atom is -0.496 e. The van der Waals surface area contributed by atoms with Gasteiger partial charge in [-0.05, 0) is 73.7 Å². The standard InChI is InChI=1S/C50H65N5O8/c1-9-32-22-33-25-49(45(57)61-8,41-35(16-20-54(26-32)27-33)34-14-11-12-15-38(34)52-41)37-23-36-39(24-40(37)60-7)53(6)43-48(36)18-21-55-19-13-17-47(10-2,42(48)55)44(63-31(5)56)50(43,59)29-51-46(58)62-28-30(3)4/h11-15,17,22-24,30,33,42-44,52,59H,9-10,16,18-21,25-29H2,1-8H3,(H,51,58)/t33-,42-,43+,44+,47+,48+,49-,50-/m0/s1. The number of amides is 1. The molecule has 9 rings (SSSR count). The number of H-pyrrole nitrogens is 1. The van der Waals surface area contributed by atoms with Crippen LogP contribution in [0.5, 0.6) is 5.75 Å². The highest BCUT2D eigenvalue weighted by atomic mass is 16.6. The Labute approximate surface area is 371 Å². The number of methoxy groups -OCH3 is 2. The third kappa shape index (κ3) is 6.37. The molecule has 9 atom stereocenters. The van der Waals surface area contributed by atoms with E-state index in [0.717, 1.165) is 72.4 Å². The maximum atomic E-state index is 15.4. The van der Waals surface area contributed by atoms with Crippen LogP contribution >= 0.6 is 0 Å². The molecule has 3 N–H and O–H groups in total. The summed E-state index contributed by atoms with van der Waals surface area (Å²) in [4.78, 5) is 53.0. The SMILES string of the molecule is CCC1=C[C@@H]2CN(CCc3c([nH]c4ccccc34)[C@@](C(=O)OC)(c3cc4c(cc3OC)N(C)[C@H]3[C@@](O)(CNC(=O)OCC(C)C)[C@H](OC(C)=O)[C@]5(CC)C=CCN6CC[C@]43[C@@H]65)C2)C1. The maximum absolute atomic E-state index is 15.4. The zero-order valence-corrected chi connectivity index (χ0v) is 38.2. The Morgan fingerprint density at radius 2 is 1.86 bits per heavy atom. The summed E-state index contributed by atoms with van der Waals surface area (Å²) in [6.45, 7) is 13.6. The number of fused-ring (bicyclic) bond motifs is 6. The molecule has 2 bridgehead atoms. The number of carbonyl (C=O) groups excluding carboxylic acids is 3. The molecule has 1 saturated heterocycles. The molecule has 13 nitrogen and oxygen atoms in total. The Bertz CT molecular complexity index is 2370. The van der Waals surface area contributed by atoms with E-state index >= 15 is 4.79 Å². The molecule has 1 amide bonds. The summed E-state index contributed by atoms with van der Waals surface area (Å²) in [7, 11) is 5.11. The average Bonchev–Trinajstić information content (AvgIpc) is 3.94. The van der Waals surface area contributed by atoms with Crippen molar-refractivity contribution in [3.63, 3.8) is 0 Å². The first-order chi connectivity index (χ1) is 30.2. The number of benzene rings is 2. The molecule has 338 valence electrons.